The Balaban J connectivity index is 1.67. The smallest absolute Gasteiger partial charge is 0.258 e. The van der Waals surface area contributed by atoms with E-state index < -0.39 is 0 Å². The van der Waals surface area contributed by atoms with Crippen LogP contribution in [-0.2, 0) is 11.2 Å². The van der Waals surface area contributed by atoms with Gasteiger partial charge in [-0.1, -0.05) is 24.3 Å². The highest BCUT2D eigenvalue weighted by Crippen LogP contribution is 2.29. The van der Waals surface area contributed by atoms with E-state index in [4.69, 9.17) is 9.47 Å². The predicted molar refractivity (Wildman–Crippen MR) is 94.4 cm³/mol. The van der Waals surface area contributed by atoms with E-state index in [0.717, 1.165) is 11.3 Å². The maximum absolute atomic E-state index is 12.5. The van der Waals surface area contributed by atoms with Crippen molar-refractivity contribution in [2.75, 3.05) is 32.2 Å². The Morgan fingerprint density at radius 2 is 1.76 bits per heavy atom. The van der Waals surface area contributed by atoms with Crippen LogP contribution < -0.4 is 19.7 Å². The molecule has 0 aliphatic carbocycles. The Morgan fingerprint density at radius 1 is 1.08 bits per heavy atom. The summed E-state index contributed by atoms with van der Waals surface area (Å²) in [7, 11) is 3.01. The minimum atomic E-state index is -0.297. The van der Waals surface area contributed by atoms with E-state index in [2.05, 4.69) is 5.32 Å². The quantitative estimate of drug-likeness (QED) is 0.874. The van der Waals surface area contributed by atoms with Crippen LogP contribution in [0.3, 0.4) is 0 Å². The molecular weight excluding hydrogens is 320 g/mol. The molecule has 2 amide bonds. The summed E-state index contributed by atoms with van der Waals surface area (Å²) >= 11 is 0. The largest absolute Gasteiger partial charge is 0.496 e. The highest BCUT2D eigenvalue weighted by atomic mass is 16.5. The number of nitrogens with one attached hydrogen (secondary N) is 1. The van der Waals surface area contributed by atoms with E-state index in [1.807, 2.05) is 24.3 Å². The number of carbonyl (C=O) groups is 2. The summed E-state index contributed by atoms with van der Waals surface area (Å²) in [5.74, 6) is 0.637. The fourth-order valence-electron chi connectivity index (χ4n) is 3.01. The molecule has 130 valence electrons. The van der Waals surface area contributed by atoms with Crippen molar-refractivity contribution < 1.29 is 19.1 Å². The van der Waals surface area contributed by atoms with Gasteiger partial charge in [0, 0.05) is 18.8 Å². The van der Waals surface area contributed by atoms with Crippen molar-refractivity contribution in [2.24, 2.45) is 0 Å². The molecule has 0 aromatic heterocycles. The van der Waals surface area contributed by atoms with Gasteiger partial charge in [-0.15, -0.1) is 0 Å². The SMILES string of the molecule is COc1cccc(OC)c1C(=O)NCCN1C(=O)Cc2ccccc21. The molecule has 2 aromatic carbocycles. The third-order valence-corrected chi connectivity index (χ3v) is 4.20. The topological polar surface area (TPSA) is 67.9 Å². The molecule has 3 rings (SSSR count). The summed E-state index contributed by atoms with van der Waals surface area (Å²) in [6.07, 6.45) is 0.407. The third kappa shape index (κ3) is 3.28. The number of ether oxygens (including phenoxy) is 2. The van der Waals surface area contributed by atoms with E-state index in [1.54, 1.807) is 23.1 Å². The number of para-hydroxylation sites is 1. The molecule has 1 aliphatic heterocycles. The fourth-order valence-corrected chi connectivity index (χ4v) is 3.01. The first kappa shape index (κ1) is 16.8. The summed E-state index contributed by atoms with van der Waals surface area (Å²) in [4.78, 5) is 26.4. The second-order valence-electron chi connectivity index (χ2n) is 5.64. The second kappa shape index (κ2) is 7.25. The zero-order valence-corrected chi connectivity index (χ0v) is 14.2. The first-order valence-corrected chi connectivity index (χ1v) is 8.03. The average Bonchev–Trinajstić information content (AvgIpc) is 2.96. The number of hydrogen-bond donors (Lipinski definition) is 1. The van der Waals surface area contributed by atoms with E-state index >= 15 is 0 Å². The predicted octanol–water partition coefficient (Wildman–Crippen LogP) is 2.02. The number of nitrogens with zero attached hydrogens (tertiary/aromatic N) is 1. The zero-order chi connectivity index (χ0) is 17.8. The molecule has 0 bridgehead atoms. The molecule has 0 radical (unpaired) electrons. The molecule has 6 heteroatoms. The Morgan fingerprint density at radius 3 is 2.44 bits per heavy atom. The molecule has 1 heterocycles. The van der Waals surface area contributed by atoms with Gasteiger partial charge in [-0.05, 0) is 23.8 Å². The Bertz CT molecular complexity index is 782. The number of benzene rings is 2. The highest BCUT2D eigenvalue weighted by molar-refractivity contribution is 6.02. The zero-order valence-electron chi connectivity index (χ0n) is 14.2. The summed E-state index contributed by atoms with van der Waals surface area (Å²) in [5, 5.41) is 2.83. The van der Waals surface area contributed by atoms with E-state index in [9.17, 15) is 9.59 Å². The summed E-state index contributed by atoms with van der Waals surface area (Å²) in [6.45, 7) is 0.749. The maximum atomic E-state index is 12.5. The summed E-state index contributed by atoms with van der Waals surface area (Å²) in [5.41, 5.74) is 2.28. The standard InChI is InChI=1S/C19H20N2O4/c1-24-15-8-5-9-16(25-2)18(15)19(23)20-10-11-21-14-7-4-3-6-13(14)12-17(21)22/h3-9H,10-12H2,1-2H3,(H,20,23). The summed E-state index contributed by atoms with van der Waals surface area (Å²) < 4.78 is 10.5. The van der Waals surface area contributed by atoms with Crippen LogP contribution in [0.4, 0.5) is 5.69 Å². The Kier molecular flexibility index (Phi) is 4.88. The van der Waals surface area contributed by atoms with Crippen molar-refractivity contribution in [1.29, 1.82) is 0 Å². The van der Waals surface area contributed by atoms with Gasteiger partial charge in [0.1, 0.15) is 17.1 Å². The van der Waals surface area contributed by atoms with E-state index in [1.165, 1.54) is 14.2 Å². The minimum absolute atomic E-state index is 0.0466. The molecule has 0 atom stereocenters. The van der Waals surface area contributed by atoms with Gasteiger partial charge in [0.05, 0.1) is 20.6 Å². The molecule has 1 N–H and O–H groups in total. The molecule has 0 saturated carbocycles. The van der Waals surface area contributed by atoms with Gasteiger partial charge in [-0.3, -0.25) is 9.59 Å². The lowest BCUT2D eigenvalue weighted by Crippen LogP contribution is -2.36. The van der Waals surface area contributed by atoms with Crippen molar-refractivity contribution in [3.05, 3.63) is 53.6 Å². The molecule has 2 aromatic rings. The lowest BCUT2D eigenvalue weighted by molar-refractivity contribution is -0.117. The van der Waals surface area contributed by atoms with Crippen LogP contribution in [0.15, 0.2) is 42.5 Å². The second-order valence-corrected chi connectivity index (χ2v) is 5.64. The molecule has 0 unspecified atom stereocenters. The monoisotopic (exact) mass is 340 g/mol. The molecule has 25 heavy (non-hydrogen) atoms. The molecule has 0 spiro atoms. The van der Waals surface area contributed by atoms with Crippen LogP contribution in [0.5, 0.6) is 11.5 Å². The number of rotatable bonds is 6. The van der Waals surface area contributed by atoms with Gasteiger partial charge in [0.25, 0.3) is 5.91 Å². The van der Waals surface area contributed by atoms with Gasteiger partial charge in [-0.2, -0.15) is 0 Å². The first-order chi connectivity index (χ1) is 12.2. The van der Waals surface area contributed by atoms with E-state index in [-0.39, 0.29) is 11.8 Å². The van der Waals surface area contributed by atoms with Gasteiger partial charge in [0.15, 0.2) is 0 Å². The van der Waals surface area contributed by atoms with Crippen molar-refractivity contribution in [1.82, 2.24) is 5.32 Å². The minimum Gasteiger partial charge on any atom is -0.496 e. The fraction of sp³-hybridized carbons (Fsp3) is 0.263. The number of hydrogen-bond acceptors (Lipinski definition) is 4. The lowest BCUT2D eigenvalue weighted by Gasteiger charge is -2.18. The molecule has 0 saturated heterocycles. The van der Waals surface area contributed by atoms with Gasteiger partial charge in [0.2, 0.25) is 5.91 Å². The number of methoxy groups -OCH3 is 2. The molecule has 0 fully saturated rings. The van der Waals surface area contributed by atoms with Crippen LogP contribution in [-0.4, -0.2) is 39.1 Å². The third-order valence-electron chi connectivity index (χ3n) is 4.20. The molecular formula is C19H20N2O4. The number of carbonyl (C=O) groups excluding carboxylic acids is 2. The summed E-state index contributed by atoms with van der Waals surface area (Å²) in [6, 6.07) is 12.9. The van der Waals surface area contributed by atoms with Crippen LogP contribution in [0.1, 0.15) is 15.9 Å². The lowest BCUT2D eigenvalue weighted by atomic mass is 10.1. The van der Waals surface area contributed by atoms with Gasteiger partial charge < -0.3 is 19.7 Å². The van der Waals surface area contributed by atoms with Gasteiger partial charge in [-0.25, -0.2) is 0 Å². The number of fused-ring (bicyclic) bond motifs is 1. The highest BCUT2D eigenvalue weighted by Gasteiger charge is 2.26. The maximum Gasteiger partial charge on any atom is 0.258 e. The van der Waals surface area contributed by atoms with Crippen molar-refractivity contribution in [3.63, 3.8) is 0 Å². The molecule has 6 nitrogen and oxygen atoms in total. The van der Waals surface area contributed by atoms with Gasteiger partial charge >= 0.3 is 0 Å². The van der Waals surface area contributed by atoms with Crippen molar-refractivity contribution in [2.45, 2.75) is 6.42 Å². The molecule has 1 aliphatic rings. The number of anilines is 1. The van der Waals surface area contributed by atoms with E-state index in [0.29, 0.717) is 36.6 Å². The van der Waals surface area contributed by atoms with Crippen molar-refractivity contribution in [3.8, 4) is 11.5 Å². The number of amides is 2. The van der Waals surface area contributed by atoms with Crippen LogP contribution >= 0.6 is 0 Å². The first-order valence-electron chi connectivity index (χ1n) is 8.03. The van der Waals surface area contributed by atoms with Crippen LogP contribution in [0.25, 0.3) is 0 Å². The van der Waals surface area contributed by atoms with Crippen LogP contribution in [0, 0.1) is 0 Å². The van der Waals surface area contributed by atoms with Crippen molar-refractivity contribution >= 4 is 17.5 Å². The Hall–Kier alpha value is -3.02. The average molecular weight is 340 g/mol. The Labute approximate surface area is 146 Å². The normalized spacial score (nSPS) is 12.7. The van der Waals surface area contributed by atoms with Crippen LogP contribution in [0.2, 0.25) is 0 Å².